The Hall–Kier alpha value is -2.71. The van der Waals surface area contributed by atoms with Crippen LogP contribution >= 0.6 is 0 Å². The molecule has 1 heterocycles. The van der Waals surface area contributed by atoms with Gasteiger partial charge in [-0.05, 0) is 16.7 Å². The molecule has 0 amide bonds. The zero-order valence-electron chi connectivity index (χ0n) is 13.4. The van der Waals surface area contributed by atoms with E-state index in [1.807, 2.05) is 18.2 Å². The molecule has 3 aromatic rings. The number of rotatable bonds is 5. The van der Waals surface area contributed by atoms with Crippen LogP contribution in [0.2, 0.25) is 0 Å². The Morgan fingerprint density at radius 1 is 0.708 bits per heavy atom. The molecule has 2 atom stereocenters. The van der Waals surface area contributed by atoms with E-state index in [0.717, 1.165) is 12.8 Å². The van der Waals surface area contributed by atoms with Crippen molar-refractivity contribution in [1.82, 2.24) is 4.90 Å². The molecule has 0 N–H and O–H groups in total. The smallest absolute Gasteiger partial charge is 0.138 e. The zero-order chi connectivity index (χ0) is 16.4. The minimum absolute atomic E-state index is 0.0365. The van der Waals surface area contributed by atoms with Gasteiger partial charge in [0.25, 0.3) is 0 Å². The highest BCUT2D eigenvalue weighted by Gasteiger charge is 2.52. The third-order valence-electron chi connectivity index (χ3n) is 4.81. The summed E-state index contributed by atoms with van der Waals surface area (Å²) in [6.45, 7) is 0.780. The van der Waals surface area contributed by atoms with Gasteiger partial charge in [0, 0.05) is 6.54 Å². The Kier molecular flexibility index (Phi) is 3.75. The van der Waals surface area contributed by atoms with Crippen LogP contribution in [0.25, 0.3) is 0 Å². The molecule has 0 aromatic heterocycles. The molecule has 3 aromatic carbocycles. The van der Waals surface area contributed by atoms with Crippen molar-refractivity contribution < 1.29 is 4.79 Å². The maximum absolute atomic E-state index is 11.5. The van der Waals surface area contributed by atoms with Crippen molar-refractivity contribution in [3.63, 3.8) is 0 Å². The van der Waals surface area contributed by atoms with Crippen molar-refractivity contribution >= 4 is 6.29 Å². The van der Waals surface area contributed by atoms with E-state index in [0.29, 0.717) is 0 Å². The summed E-state index contributed by atoms with van der Waals surface area (Å²) >= 11 is 0. The van der Waals surface area contributed by atoms with Gasteiger partial charge in [0.2, 0.25) is 0 Å². The summed E-state index contributed by atoms with van der Waals surface area (Å²) in [5.74, 6) is 0. The first-order chi connectivity index (χ1) is 11.9. The highest BCUT2D eigenvalue weighted by molar-refractivity contribution is 5.65. The molecule has 0 saturated carbocycles. The SMILES string of the molecule is O=C[C@@H]1CN1C(c1ccccc1)(c1ccccc1)c1ccccc1. The van der Waals surface area contributed by atoms with Gasteiger partial charge in [-0.3, -0.25) is 4.90 Å². The molecule has 1 aliphatic heterocycles. The fourth-order valence-corrected chi connectivity index (χ4v) is 3.69. The quantitative estimate of drug-likeness (QED) is 0.405. The second-order valence-electron chi connectivity index (χ2n) is 6.16. The maximum Gasteiger partial charge on any atom is 0.138 e. The minimum atomic E-state index is -0.435. The van der Waals surface area contributed by atoms with E-state index in [2.05, 4.69) is 77.7 Å². The van der Waals surface area contributed by atoms with Crippen LogP contribution in [0.1, 0.15) is 16.7 Å². The van der Waals surface area contributed by atoms with Crippen LogP contribution in [0.5, 0.6) is 0 Å². The van der Waals surface area contributed by atoms with E-state index in [9.17, 15) is 4.79 Å². The minimum Gasteiger partial charge on any atom is -0.302 e. The van der Waals surface area contributed by atoms with Gasteiger partial charge >= 0.3 is 0 Å². The van der Waals surface area contributed by atoms with E-state index < -0.39 is 5.54 Å². The average Bonchev–Trinajstić information content (AvgIpc) is 3.45. The van der Waals surface area contributed by atoms with Crippen LogP contribution in [0.15, 0.2) is 91.0 Å². The van der Waals surface area contributed by atoms with Crippen molar-refractivity contribution in [3.8, 4) is 0 Å². The second kappa shape index (κ2) is 6.06. The lowest BCUT2D eigenvalue weighted by Crippen LogP contribution is -2.39. The maximum atomic E-state index is 11.5. The van der Waals surface area contributed by atoms with Crippen LogP contribution in [0, 0.1) is 0 Å². The highest BCUT2D eigenvalue weighted by Crippen LogP contribution is 2.47. The Labute approximate surface area is 142 Å². The van der Waals surface area contributed by atoms with Gasteiger partial charge in [-0.1, -0.05) is 91.0 Å². The van der Waals surface area contributed by atoms with Gasteiger partial charge in [-0.2, -0.15) is 0 Å². The topological polar surface area (TPSA) is 20.1 Å². The Balaban J connectivity index is 2.02. The first-order valence-electron chi connectivity index (χ1n) is 8.26. The van der Waals surface area contributed by atoms with Crippen LogP contribution in [-0.2, 0) is 10.3 Å². The average molecular weight is 313 g/mol. The molecule has 0 bridgehead atoms. The van der Waals surface area contributed by atoms with E-state index >= 15 is 0 Å². The van der Waals surface area contributed by atoms with Crippen molar-refractivity contribution in [1.29, 1.82) is 0 Å². The lowest BCUT2D eigenvalue weighted by Gasteiger charge is -2.38. The molecule has 2 nitrogen and oxygen atoms in total. The number of aldehydes is 1. The van der Waals surface area contributed by atoms with Crippen LogP contribution < -0.4 is 0 Å². The molecule has 0 radical (unpaired) electrons. The molecule has 24 heavy (non-hydrogen) atoms. The van der Waals surface area contributed by atoms with Gasteiger partial charge in [-0.25, -0.2) is 0 Å². The van der Waals surface area contributed by atoms with Crippen LogP contribution in [-0.4, -0.2) is 23.8 Å². The van der Waals surface area contributed by atoms with E-state index in [1.54, 1.807) is 0 Å². The fraction of sp³-hybridized carbons (Fsp3) is 0.136. The number of hydrogen-bond acceptors (Lipinski definition) is 2. The van der Waals surface area contributed by atoms with Gasteiger partial charge in [-0.15, -0.1) is 0 Å². The lowest BCUT2D eigenvalue weighted by molar-refractivity contribution is -0.108. The van der Waals surface area contributed by atoms with E-state index in [4.69, 9.17) is 0 Å². The fourth-order valence-electron chi connectivity index (χ4n) is 3.69. The van der Waals surface area contributed by atoms with Crippen LogP contribution in [0.4, 0.5) is 0 Å². The summed E-state index contributed by atoms with van der Waals surface area (Å²) in [4.78, 5) is 13.8. The Morgan fingerprint density at radius 3 is 1.38 bits per heavy atom. The zero-order valence-corrected chi connectivity index (χ0v) is 13.4. The third-order valence-corrected chi connectivity index (χ3v) is 4.81. The molecule has 1 fully saturated rings. The molecule has 1 aliphatic rings. The molecule has 4 rings (SSSR count). The van der Waals surface area contributed by atoms with Gasteiger partial charge < -0.3 is 4.79 Å². The summed E-state index contributed by atoms with van der Waals surface area (Å²) in [6, 6.07) is 31.4. The number of carbonyl (C=O) groups is 1. The molecule has 0 spiro atoms. The van der Waals surface area contributed by atoms with Crippen molar-refractivity contribution in [3.05, 3.63) is 108 Å². The number of benzene rings is 3. The van der Waals surface area contributed by atoms with Gasteiger partial charge in [0.15, 0.2) is 0 Å². The number of carbonyl (C=O) groups excluding carboxylic acids is 1. The van der Waals surface area contributed by atoms with E-state index in [-0.39, 0.29) is 6.04 Å². The first-order valence-corrected chi connectivity index (χ1v) is 8.26. The van der Waals surface area contributed by atoms with Crippen molar-refractivity contribution in [2.24, 2.45) is 0 Å². The predicted molar refractivity (Wildman–Crippen MR) is 95.8 cm³/mol. The first kappa shape index (κ1) is 14.9. The molecule has 1 unspecified atom stereocenters. The summed E-state index contributed by atoms with van der Waals surface area (Å²) in [5.41, 5.74) is 3.13. The largest absolute Gasteiger partial charge is 0.302 e. The van der Waals surface area contributed by atoms with E-state index in [1.165, 1.54) is 16.7 Å². The highest BCUT2D eigenvalue weighted by atomic mass is 16.1. The summed E-state index contributed by atoms with van der Waals surface area (Å²) in [7, 11) is 0. The predicted octanol–water partition coefficient (Wildman–Crippen LogP) is 3.86. The lowest BCUT2D eigenvalue weighted by atomic mass is 9.76. The standard InChI is InChI=1S/C22H19NO/c24-17-21-16-23(21)22(18-10-4-1-5-11-18,19-12-6-2-7-13-19)20-14-8-3-9-15-20/h1-15,17,21H,16H2/t21-,23?/m0/s1. The Bertz CT molecular complexity index is 718. The molecular weight excluding hydrogens is 294 g/mol. The monoisotopic (exact) mass is 313 g/mol. The van der Waals surface area contributed by atoms with Gasteiger partial charge in [0.1, 0.15) is 6.29 Å². The molecule has 1 saturated heterocycles. The molecule has 118 valence electrons. The van der Waals surface area contributed by atoms with Crippen LogP contribution in [0.3, 0.4) is 0 Å². The summed E-state index contributed by atoms with van der Waals surface area (Å²) in [5, 5.41) is 0. The third kappa shape index (κ3) is 2.27. The summed E-state index contributed by atoms with van der Waals surface area (Å²) in [6.07, 6.45) is 1.06. The molecule has 2 heteroatoms. The van der Waals surface area contributed by atoms with Gasteiger partial charge in [0.05, 0.1) is 11.6 Å². The molecule has 0 aliphatic carbocycles. The number of hydrogen-bond donors (Lipinski definition) is 0. The molecular formula is C22H19NO. The summed E-state index contributed by atoms with van der Waals surface area (Å²) < 4.78 is 0. The van der Waals surface area contributed by atoms with Crippen molar-refractivity contribution in [2.45, 2.75) is 11.6 Å². The van der Waals surface area contributed by atoms with Crippen molar-refractivity contribution in [2.75, 3.05) is 6.54 Å². The Morgan fingerprint density at radius 2 is 1.08 bits per heavy atom. The number of nitrogens with zero attached hydrogens (tertiary/aromatic N) is 1. The second-order valence-corrected chi connectivity index (χ2v) is 6.16. The normalized spacial score (nSPS) is 19.7.